The number of fused-ring (bicyclic) bond motifs is 1. The van der Waals surface area contributed by atoms with Crippen molar-refractivity contribution in [2.45, 2.75) is 19.6 Å². The van der Waals surface area contributed by atoms with E-state index in [0.717, 1.165) is 0 Å². The number of imidazole rings is 1. The number of allylic oxidation sites excluding steroid dienone is 1. The van der Waals surface area contributed by atoms with Gasteiger partial charge in [0.1, 0.15) is 5.69 Å². The molecule has 0 saturated carbocycles. The second kappa shape index (κ2) is 7.77. The topological polar surface area (TPSA) is 88.6 Å². The highest BCUT2D eigenvalue weighted by Crippen LogP contribution is 2.27. The SMILES string of the molecule is C=CCn1c(-c2ccccc2Cl)cn2cc(C(=O)NC[C@@H](C)O)nc2c1=O. The van der Waals surface area contributed by atoms with Gasteiger partial charge in [0.2, 0.25) is 5.65 Å². The van der Waals surface area contributed by atoms with Crippen LogP contribution in [0.1, 0.15) is 17.4 Å². The van der Waals surface area contributed by atoms with Crippen molar-refractivity contribution in [3.8, 4) is 11.3 Å². The number of nitrogens with one attached hydrogen (secondary N) is 1. The average molecular weight is 387 g/mol. The number of benzene rings is 1. The normalized spacial score (nSPS) is 12.1. The molecule has 140 valence electrons. The quantitative estimate of drug-likeness (QED) is 0.635. The summed E-state index contributed by atoms with van der Waals surface area (Å²) in [5.41, 5.74) is 1.13. The summed E-state index contributed by atoms with van der Waals surface area (Å²) in [6, 6.07) is 7.20. The molecule has 7 nitrogen and oxygen atoms in total. The van der Waals surface area contributed by atoms with E-state index in [-0.39, 0.29) is 30.0 Å². The van der Waals surface area contributed by atoms with Crippen molar-refractivity contribution in [2.24, 2.45) is 0 Å². The number of hydrogen-bond donors (Lipinski definition) is 2. The molecule has 0 fully saturated rings. The first kappa shape index (κ1) is 18.9. The van der Waals surface area contributed by atoms with Crippen LogP contribution in [0.25, 0.3) is 16.9 Å². The minimum atomic E-state index is -0.678. The molecule has 27 heavy (non-hydrogen) atoms. The van der Waals surface area contributed by atoms with E-state index in [1.807, 2.05) is 18.2 Å². The Morgan fingerprint density at radius 1 is 1.41 bits per heavy atom. The van der Waals surface area contributed by atoms with Crippen molar-refractivity contribution >= 4 is 23.2 Å². The Hall–Kier alpha value is -2.90. The highest BCUT2D eigenvalue weighted by molar-refractivity contribution is 6.33. The summed E-state index contributed by atoms with van der Waals surface area (Å²) in [4.78, 5) is 29.3. The lowest BCUT2D eigenvalue weighted by Crippen LogP contribution is -2.30. The third-order valence-corrected chi connectivity index (χ3v) is 4.30. The van der Waals surface area contributed by atoms with Crippen LogP contribution >= 0.6 is 11.6 Å². The molecule has 0 unspecified atom stereocenters. The van der Waals surface area contributed by atoms with Gasteiger partial charge in [-0.1, -0.05) is 35.9 Å². The van der Waals surface area contributed by atoms with E-state index >= 15 is 0 Å². The standard InChI is InChI=1S/C19H19ClN4O3/c1-3-8-24-16(13-6-4-5-7-14(13)20)11-23-10-15(22-17(23)19(24)27)18(26)21-9-12(2)25/h3-7,10-12,25H,1,8-9H2,2H3,(H,21,26)/t12-/m1/s1. The Morgan fingerprint density at radius 3 is 2.81 bits per heavy atom. The first-order valence-corrected chi connectivity index (χ1v) is 8.74. The number of amides is 1. The lowest BCUT2D eigenvalue weighted by Gasteiger charge is -2.13. The Balaban J connectivity index is 2.16. The minimum Gasteiger partial charge on any atom is -0.392 e. The van der Waals surface area contributed by atoms with Gasteiger partial charge in [0.15, 0.2) is 0 Å². The molecule has 0 aliphatic heterocycles. The summed E-state index contributed by atoms with van der Waals surface area (Å²) in [6.07, 6.45) is 4.12. The molecule has 2 heterocycles. The number of aromatic nitrogens is 3. The van der Waals surface area contributed by atoms with Crippen molar-refractivity contribution in [1.82, 2.24) is 19.3 Å². The van der Waals surface area contributed by atoms with Crippen molar-refractivity contribution in [3.05, 3.63) is 70.4 Å². The summed E-state index contributed by atoms with van der Waals surface area (Å²) in [5.74, 6) is -0.464. The van der Waals surface area contributed by atoms with E-state index in [4.69, 9.17) is 11.6 Å². The van der Waals surface area contributed by atoms with E-state index in [1.54, 1.807) is 25.3 Å². The molecule has 1 aromatic carbocycles. The van der Waals surface area contributed by atoms with Gasteiger partial charge in [0.05, 0.1) is 11.8 Å². The molecular formula is C19H19ClN4O3. The lowest BCUT2D eigenvalue weighted by molar-refractivity contribution is 0.0919. The fourth-order valence-electron chi connectivity index (χ4n) is 2.72. The van der Waals surface area contributed by atoms with Crippen LogP contribution < -0.4 is 10.9 Å². The number of hydrogen-bond acceptors (Lipinski definition) is 4. The van der Waals surface area contributed by atoms with Crippen LogP contribution in [-0.4, -0.2) is 37.6 Å². The van der Waals surface area contributed by atoms with Crippen LogP contribution in [0, 0.1) is 0 Å². The van der Waals surface area contributed by atoms with E-state index < -0.39 is 12.0 Å². The third kappa shape index (κ3) is 3.79. The first-order valence-electron chi connectivity index (χ1n) is 8.37. The monoisotopic (exact) mass is 386 g/mol. The Bertz CT molecular complexity index is 1070. The van der Waals surface area contributed by atoms with E-state index in [9.17, 15) is 14.7 Å². The number of carbonyl (C=O) groups excluding carboxylic acids is 1. The molecule has 2 aromatic heterocycles. The molecular weight excluding hydrogens is 368 g/mol. The molecule has 2 N–H and O–H groups in total. The predicted octanol–water partition coefficient (Wildman–Crippen LogP) is 2.11. The Morgan fingerprint density at radius 2 is 2.15 bits per heavy atom. The zero-order valence-electron chi connectivity index (χ0n) is 14.7. The molecule has 0 spiro atoms. The summed E-state index contributed by atoms with van der Waals surface area (Å²) in [6.45, 7) is 5.63. The van der Waals surface area contributed by atoms with Crippen molar-refractivity contribution in [3.63, 3.8) is 0 Å². The van der Waals surface area contributed by atoms with Crippen LogP contribution in [0.5, 0.6) is 0 Å². The van der Waals surface area contributed by atoms with Gasteiger partial charge in [0, 0.05) is 36.1 Å². The first-order chi connectivity index (χ1) is 12.9. The lowest BCUT2D eigenvalue weighted by atomic mass is 10.1. The minimum absolute atomic E-state index is 0.0919. The molecule has 0 radical (unpaired) electrons. The van der Waals surface area contributed by atoms with Crippen molar-refractivity contribution in [1.29, 1.82) is 0 Å². The van der Waals surface area contributed by atoms with Crippen LogP contribution in [0.4, 0.5) is 0 Å². The van der Waals surface area contributed by atoms with Gasteiger partial charge in [-0.15, -0.1) is 6.58 Å². The highest BCUT2D eigenvalue weighted by Gasteiger charge is 2.17. The molecule has 3 rings (SSSR count). The maximum atomic E-state index is 12.9. The molecule has 8 heteroatoms. The third-order valence-electron chi connectivity index (χ3n) is 3.97. The Kier molecular flexibility index (Phi) is 5.43. The van der Waals surface area contributed by atoms with Gasteiger partial charge in [-0.3, -0.25) is 18.6 Å². The highest BCUT2D eigenvalue weighted by atomic mass is 35.5. The Labute approximate surface area is 160 Å². The smallest absolute Gasteiger partial charge is 0.295 e. The fraction of sp³-hybridized carbons (Fsp3) is 0.211. The number of halogens is 1. The molecule has 0 saturated heterocycles. The number of rotatable bonds is 6. The molecule has 1 atom stereocenters. The predicted molar refractivity (Wildman–Crippen MR) is 104 cm³/mol. The number of carbonyl (C=O) groups is 1. The molecule has 3 aromatic rings. The van der Waals surface area contributed by atoms with Crippen LogP contribution in [0.3, 0.4) is 0 Å². The second-order valence-electron chi connectivity index (χ2n) is 6.11. The van der Waals surface area contributed by atoms with Gasteiger partial charge in [-0.05, 0) is 13.0 Å². The molecule has 0 bridgehead atoms. The average Bonchev–Trinajstić information content (AvgIpc) is 3.07. The summed E-state index contributed by atoms with van der Waals surface area (Å²) in [5, 5.41) is 12.4. The maximum absolute atomic E-state index is 12.9. The largest absolute Gasteiger partial charge is 0.392 e. The fourth-order valence-corrected chi connectivity index (χ4v) is 2.95. The molecule has 0 aliphatic carbocycles. The molecule has 1 amide bonds. The number of aliphatic hydroxyl groups excluding tert-OH is 1. The van der Waals surface area contributed by atoms with Gasteiger partial charge in [0.25, 0.3) is 11.5 Å². The van der Waals surface area contributed by atoms with Crippen molar-refractivity contribution in [2.75, 3.05) is 6.54 Å². The van der Waals surface area contributed by atoms with Gasteiger partial charge in [-0.2, -0.15) is 0 Å². The zero-order valence-corrected chi connectivity index (χ0v) is 15.5. The zero-order chi connectivity index (χ0) is 19.6. The second-order valence-corrected chi connectivity index (χ2v) is 6.52. The van der Waals surface area contributed by atoms with Crippen LogP contribution in [-0.2, 0) is 6.54 Å². The van der Waals surface area contributed by atoms with Gasteiger partial charge >= 0.3 is 0 Å². The summed E-state index contributed by atoms with van der Waals surface area (Å²) < 4.78 is 3.02. The summed E-state index contributed by atoms with van der Waals surface area (Å²) >= 11 is 6.31. The number of nitrogens with zero attached hydrogens (tertiary/aromatic N) is 3. The molecule has 0 aliphatic rings. The van der Waals surface area contributed by atoms with E-state index in [2.05, 4.69) is 16.9 Å². The number of aliphatic hydroxyl groups is 1. The van der Waals surface area contributed by atoms with E-state index in [0.29, 0.717) is 16.3 Å². The summed E-state index contributed by atoms with van der Waals surface area (Å²) in [7, 11) is 0. The van der Waals surface area contributed by atoms with Crippen molar-refractivity contribution < 1.29 is 9.90 Å². The van der Waals surface area contributed by atoms with Crippen LogP contribution in [0.2, 0.25) is 5.02 Å². The maximum Gasteiger partial charge on any atom is 0.295 e. The van der Waals surface area contributed by atoms with Gasteiger partial charge in [-0.25, -0.2) is 4.98 Å². The van der Waals surface area contributed by atoms with Crippen LogP contribution in [0.15, 0.2) is 54.1 Å². The van der Waals surface area contributed by atoms with Gasteiger partial charge < -0.3 is 10.4 Å². The van der Waals surface area contributed by atoms with E-state index in [1.165, 1.54) is 15.2 Å².